The maximum atomic E-state index is 11.6. The Balaban J connectivity index is 2.31. The highest BCUT2D eigenvalue weighted by Crippen LogP contribution is 2.36. The molecule has 1 saturated carbocycles. The Morgan fingerprint density at radius 1 is 1.33 bits per heavy atom. The monoisotopic (exact) mass is 268 g/mol. The maximum absolute atomic E-state index is 11.6. The van der Waals surface area contributed by atoms with E-state index in [2.05, 4.69) is 10.3 Å². The van der Waals surface area contributed by atoms with Crippen LogP contribution in [-0.2, 0) is 10.3 Å². The van der Waals surface area contributed by atoms with Gasteiger partial charge in [0.1, 0.15) is 5.88 Å². The molecule has 0 atom stereocenters. The normalized spacial score (nSPS) is 18.3. The van der Waals surface area contributed by atoms with Crippen molar-refractivity contribution in [1.29, 1.82) is 0 Å². The van der Waals surface area contributed by atoms with E-state index in [4.69, 9.17) is 11.6 Å². The molecule has 1 aromatic heterocycles. The minimum atomic E-state index is -0.367. The number of carbonyl (C=O) groups is 1. The molecule has 0 aromatic carbocycles. The number of rotatable bonds is 3. The van der Waals surface area contributed by atoms with Crippen molar-refractivity contribution < 1.29 is 4.79 Å². The Bertz CT molecular complexity index is 458. The van der Waals surface area contributed by atoms with E-state index in [1.807, 2.05) is 0 Å². The number of hydrogen-bond donors (Lipinski definition) is 2. The van der Waals surface area contributed by atoms with E-state index in [0.717, 1.165) is 31.2 Å². The van der Waals surface area contributed by atoms with E-state index in [0.29, 0.717) is 0 Å². The molecule has 0 saturated heterocycles. The third-order valence-corrected chi connectivity index (χ3v) is 3.79. The second-order valence-electron chi connectivity index (χ2n) is 4.77. The first-order chi connectivity index (χ1) is 8.66. The maximum Gasteiger partial charge on any atom is 0.247 e. The quantitative estimate of drug-likeness (QED) is 0.823. The molecule has 0 spiro atoms. The minimum absolute atomic E-state index is 0.0366. The average Bonchev–Trinajstić information content (AvgIpc) is 2.40. The van der Waals surface area contributed by atoms with Crippen LogP contribution in [-0.4, -0.2) is 16.8 Å². The zero-order valence-electron chi connectivity index (χ0n) is 10.2. The van der Waals surface area contributed by atoms with E-state index in [9.17, 15) is 9.59 Å². The third-order valence-electron chi connectivity index (χ3n) is 3.54. The van der Waals surface area contributed by atoms with Gasteiger partial charge in [-0.2, -0.15) is 0 Å². The molecule has 1 aliphatic rings. The molecule has 0 unspecified atom stereocenters. The van der Waals surface area contributed by atoms with Gasteiger partial charge in [0.2, 0.25) is 11.5 Å². The number of aromatic nitrogens is 1. The van der Waals surface area contributed by atoms with Crippen LogP contribution >= 0.6 is 11.6 Å². The topological polar surface area (TPSA) is 62.0 Å². The molecule has 0 aliphatic heterocycles. The van der Waals surface area contributed by atoms with Gasteiger partial charge in [-0.3, -0.25) is 9.59 Å². The van der Waals surface area contributed by atoms with Gasteiger partial charge in [0.25, 0.3) is 0 Å². The Morgan fingerprint density at radius 3 is 2.61 bits per heavy atom. The van der Waals surface area contributed by atoms with Gasteiger partial charge in [-0.1, -0.05) is 19.3 Å². The lowest BCUT2D eigenvalue weighted by molar-refractivity contribution is -0.121. The summed E-state index contributed by atoms with van der Waals surface area (Å²) in [5.74, 6) is -0.199. The van der Waals surface area contributed by atoms with Crippen LogP contribution in [0.3, 0.4) is 0 Å². The summed E-state index contributed by atoms with van der Waals surface area (Å²) in [5.41, 5.74) is 0.461. The lowest BCUT2D eigenvalue weighted by atomic mass is 9.77. The number of carbonyl (C=O) groups excluding carboxylic acids is 1. The number of halogens is 1. The van der Waals surface area contributed by atoms with Crippen LogP contribution in [0.2, 0.25) is 0 Å². The molecule has 98 valence electrons. The molecule has 18 heavy (non-hydrogen) atoms. The van der Waals surface area contributed by atoms with Gasteiger partial charge in [-0.15, -0.1) is 11.6 Å². The first kappa shape index (κ1) is 13.1. The number of aromatic amines is 1. The van der Waals surface area contributed by atoms with E-state index < -0.39 is 0 Å². The molecule has 2 N–H and O–H groups in total. The largest absolute Gasteiger partial charge is 0.345 e. The van der Waals surface area contributed by atoms with Gasteiger partial charge in [0, 0.05) is 12.3 Å². The molecule has 1 amide bonds. The SMILES string of the molecule is O=C(CCl)NC1(c2ccc(=O)[nH]c2)CCCCC1. The Hall–Kier alpha value is -1.29. The van der Waals surface area contributed by atoms with Crippen LogP contribution in [0.4, 0.5) is 0 Å². The van der Waals surface area contributed by atoms with Crippen molar-refractivity contribution in [2.75, 3.05) is 5.88 Å². The summed E-state index contributed by atoms with van der Waals surface area (Å²) in [6, 6.07) is 3.29. The van der Waals surface area contributed by atoms with Crippen molar-refractivity contribution in [1.82, 2.24) is 10.3 Å². The summed E-state index contributed by atoms with van der Waals surface area (Å²) < 4.78 is 0. The lowest BCUT2D eigenvalue weighted by Gasteiger charge is -2.38. The molecular weight excluding hydrogens is 252 g/mol. The van der Waals surface area contributed by atoms with Crippen molar-refractivity contribution in [2.45, 2.75) is 37.6 Å². The number of alkyl halides is 1. The zero-order valence-corrected chi connectivity index (χ0v) is 10.9. The van der Waals surface area contributed by atoms with Crippen LogP contribution in [0, 0.1) is 0 Å². The molecule has 1 aromatic rings. The molecular formula is C13H17ClN2O2. The molecule has 0 bridgehead atoms. The molecule has 4 nitrogen and oxygen atoms in total. The lowest BCUT2D eigenvalue weighted by Crippen LogP contribution is -2.48. The number of H-pyrrole nitrogens is 1. The highest BCUT2D eigenvalue weighted by Gasteiger charge is 2.35. The molecule has 5 heteroatoms. The fraction of sp³-hybridized carbons (Fsp3) is 0.538. The molecule has 0 radical (unpaired) electrons. The highest BCUT2D eigenvalue weighted by atomic mass is 35.5. The van der Waals surface area contributed by atoms with E-state index in [1.165, 1.54) is 12.5 Å². The van der Waals surface area contributed by atoms with Crippen molar-refractivity contribution in [3.8, 4) is 0 Å². The summed E-state index contributed by atoms with van der Waals surface area (Å²) in [4.78, 5) is 25.4. The third kappa shape index (κ3) is 2.75. The summed E-state index contributed by atoms with van der Waals surface area (Å²) in [6.07, 6.45) is 6.80. The van der Waals surface area contributed by atoms with Gasteiger partial charge >= 0.3 is 0 Å². The van der Waals surface area contributed by atoms with Crippen LogP contribution < -0.4 is 10.9 Å². The van der Waals surface area contributed by atoms with Crippen LogP contribution in [0.5, 0.6) is 0 Å². The summed E-state index contributed by atoms with van der Waals surface area (Å²) >= 11 is 5.58. The fourth-order valence-electron chi connectivity index (χ4n) is 2.65. The number of pyridine rings is 1. The number of amides is 1. The smallest absolute Gasteiger partial charge is 0.247 e. The van der Waals surface area contributed by atoms with E-state index >= 15 is 0 Å². The number of nitrogens with one attached hydrogen (secondary N) is 2. The van der Waals surface area contributed by atoms with E-state index in [1.54, 1.807) is 12.3 Å². The minimum Gasteiger partial charge on any atom is -0.345 e. The summed E-state index contributed by atoms with van der Waals surface area (Å²) in [6.45, 7) is 0. The van der Waals surface area contributed by atoms with Crippen LogP contribution in [0.15, 0.2) is 23.1 Å². The van der Waals surface area contributed by atoms with Gasteiger partial charge in [-0.05, 0) is 24.5 Å². The average molecular weight is 269 g/mol. The fourth-order valence-corrected chi connectivity index (χ4v) is 2.72. The van der Waals surface area contributed by atoms with Gasteiger partial charge < -0.3 is 10.3 Å². The van der Waals surface area contributed by atoms with Crippen molar-refractivity contribution in [3.05, 3.63) is 34.2 Å². The van der Waals surface area contributed by atoms with E-state index in [-0.39, 0.29) is 22.9 Å². The van der Waals surface area contributed by atoms with Gasteiger partial charge in [0.05, 0.1) is 5.54 Å². The van der Waals surface area contributed by atoms with Crippen LogP contribution in [0.1, 0.15) is 37.7 Å². The Morgan fingerprint density at radius 2 is 2.06 bits per heavy atom. The highest BCUT2D eigenvalue weighted by molar-refractivity contribution is 6.27. The standard InChI is InChI=1S/C13H17ClN2O2/c14-8-12(18)16-13(6-2-1-3-7-13)10-4-5-11(17)15-9-10/h4-5,9H,1-3,6-8H2,(H,15,17)(H,16,18). The van der Waals surface area contributed by atoms with Crippen molar-refractivity contribution >= 4 is 17.5 Å². The second-order valence-corrected chi connectivity index (χ2v) is 5.03. The van der Waals surface area contributed by atoms with Gasteiger partial charge in [-0.25, -0.2) is 0 Å². The Labute approximate surface area is 111 Å². The van der Waals surface area contributed by atoms with Crippen LogP contribution in [0.25, 0.3) is 0 Å². The summed E-state index contributed by atoms with van der Waals surface area (Å²) in [5, 5.41) is 3.02. The number of hydrogen-bond acceptors (Lipinski definition) is 2. The molecule has 1 heterocycles. The molecule has 1 fully saturated rings. The zero-order chi connectivity index (χ0) is 13.0. The van der Waals surface area contributed by atoms with Crippen molar-refractivity contribution in [3.63, 3.8) is 0 Å². The van der Waals surface area contributed by atoms with Crippen molar-refractivity contribution in [2.24, 2.45) is 0 Å². The Kier molecular flexibility index (Phi) is 4.07. The second kappa shape index (κ2) is 5.57. The van der Waals surface area contributed by atoms with Gasteiger partial charge in [0.15, 0.2) is 0 Å². The summed E-state index contributed by atoms with van der Waals surface area (Å²) in [7, 11) is 0. The first-order valence-corrected chi connectivity index (χ1v) is 6.76. The molecule has 2 rings (SSSR count). The predicted molar refractivity (Wildman–Crippen MR) is 70.7 cm³/mol. The molecule has 1 aliphatic carbocycles. The first-order valence-electron chi connectivity index (χ1n) is 6.22. The predicted octanol–water partition coefficient (Wildman–Crippen LogP) is 1.89.